The van der Waals surface area contributed by atoms with Crippen molar-refractivity contribution < 1.29 is 19.4 Å². The monoisotopic (exact) mass is 284 g/mol. The molecule has 0 bridgehead atoms. The Bertz CT molecular complexity index is 391. The van der Waals surface area contributed by atoms with Crippen LogP contribution in [0.4, 0.5) is 4.79 Å². The van der Waals surface area contributed by atoms with Crippen LogP contribution in [0.25, 0.3) is 0 Å². The molecule has 0 spiro atoms. The lowest BCUT2D eigenvalue weighted by atomic mass is 10.0. The van der Waals surface area contributed by atoms with E-state index in [1.807, 2.05) is 25.7 Å². The van der Waals surface area contributed by atoms with Gasteiger partial charge < -0.3 is 24.4 Å². The molecule has 0 aliphatic carbocycles. The van der Waals surface area contributed by atoms with Crippen LogP contribution in [0.1, 0.15) is 27.2 Å². The van der Waals surface area contributed by atoms with Gasteiger partial charge in [0.2, 0.25) is 0 Å². The van der Waals surface area contributed by atoms with E-state index in [9.17, 15) is 9.90 Å². The number of nitrogens with zero attached hydrogens (tertiary/aromatic N) is 2. The third-order valence-corrected chi connectivity index (χ3v) is 3.52. The van der Waals surface area contributed by atoms with Gasteiger partial charge in [-0.25, -0.2) is 4.79 Å². The van der Waals surface area contributed by atoms with E-state index in [2.05, 4.69) is 6.58 Å². The van der Waals surface area contributed by atoms with Gasteiger partial charge in [0.25, 0.3) is 0 Å². The second-order valence-electron chi connectivity index (χ2n) is 6.29. The summed E-state index contributed by atoms with van der Waals surface area (Å²) in [4.78, 5) is 15.5. The number of rotatable bonds is 1. The molecule has 2 rings (SSSR count). The maximum absolute atomic E-state index is 12.0. The number of aliphatic hydroxyl groups is 1. The first-order chi connectivity index (χ1) is 9.28. The molecular formula is C14H24N2O4. The third kappa shape index (κ3) is 3.36. The Morgan fingerprint density at radius 1 is 1.45 bits per heavy atom. The molecule has 2 aliphatic heterocycles. The molecule has 2 fully saturated rings. The van der Waals surface area contributed by atoms with E-state index in [1.165, 1.54) is 0 Å². The van der Waals surface area contributed by atoms with Crippen molar-refractivity contribution in [3.05, 3.63) is 12.5 Å². The highest BCUT2D eigenvalue weighted by Gasteiger charge is 2.37. The van der Waals surface area contributed by atoms with Crippen molar-refractivity contribution in [3.63, 3.8) is 0 Å². The summed E-state index contributed by atoms with van der Waals surface area (Å²) >= 11 is 0. The van der Waals surface area contributed by atoms with Crippen molar-refractivity contribution in [2.75, 3.05) is 26.2 Å². The predicted octanol–water partition coefficient (Wildman–Crippen LogP) is 1.16. The number of aliphatic hydroxyl groups excluding tert-OH is 1. The van der Waals surface area contributed by atoms with E-state index in [1.54, 1.807) is 4.90 Å². The Morgan fingerprint density at radius 2 is 2.15 bits per heavy atom. The van der Waals surface area contributed by atoms with Crippen LogP contribution in [0.15, 0.2) is 12.5 Å². The predicted molar refractivity (Wildman–Crippen MR) is 74.0 cm³/mol. The van der Waals surface area contributed by atoms with Crippen LogP contribution >= 0.6 is 0 Å². The molecule has 2 unspecified atom stereocenters. The fraction of sp³-hybridized carbons (Fsp3) is 0.786. The molecule has 0 radical (unpaired) electrons. The van der Waals surface area contributed by atoms with Crippen LogP contribution in [0.3, 0.4) is 0 Å². The van der Waals surface area contributed by atoms with Crippen LogP contribution in [-0.2, 0) is 9.47 Å². The fourth-order valence-electron chi connectivity index (χ4n) is 2.60. The van der Waals surface area contributed by atoms with Crippen molar-refractivity contribution in [3.8, 4) is 0 Å². The highest BCUT2D eigenvalue weighted by molar-refractivity contribution is 5.68. The van der Waals surface area contributed by atoms with E-state index in [0.29, 0.717) is 25.5 Å². The van der Waals surface area contributed by atoms with Gasteiger partial charge in [-0.2, -0.15) is 0 Å². The Morgan fingerprint density at radius 3 is 2.65 bits per heavy atom. The zero-order valence-electron chi connectivity index (χ0n) is 12.5. The molecule has 0 saturated carbocycles. The number of hydrogen-bond acceptors (Lipinski definition) is 5. The van der Waals surface area contributed by atoms with Gasteiger partial charge >= 0.3 is 6.09 Å². The maximum atomic E-state index is 12.0. The van der Waals surface area contributed by atoms with E-state index >= 15 is 0 Å². The van der Waals surface area contributed by atoms with Crippen LogP contribution in [-0.4, -0.2) is 65.0 Å². The molecule has 2 saturated heterocycles. The van der Waals surface area contributed by atoms with Crippen LogP contribution in [0.2, 0.25) is 0 Å². The van der Waals surface area contributed by atoms with Gasteiger partial charge in [0, 0.05) is 6.54 Å². The zero-order valence-corrected chi connectivity index (χ0v) is 12.5. The molecule has 6 heteroatoms. The summed E-state index contributed by atoms with van der Waals surface area (Å²) in [5.74, 6) is 0.611. The lowest BCUT2D eigenvalue weighted by molar-refractivity contribution is -0.0220. The Hall–Kier alpha value is -1.43. The van der Waals surface area contributed by atoms with Crippen LogP contribution < -0.4 is 0 Å². The number of carbonyl (C=O) groups is 1. The Kier molecular flexibility index (Phi) is 4.13. The molecule has 2 atom stereocenters. The summed E-state index contributed by atoms with van der Waals surface area (Å²) in [7, 11) is 0. The summed E-state index contributed by atoms with van der Waals surface area (Å²) in [6.45, 7) is 11.5. The standard InChI is InChI=1S/C14H24N2O4/c1-10-16(7-8-19-10)11-5-6-15(9-12(11)17)13(18)20-14(2,3)4/h11-12,17H,1,5-9H2,2-4H3. The highest BCUT2D eigenvalue weighted by atomic mass is 16.6. The first-order valence-corrected chi connectivity index (χ1v) is 7.02. The van der Waals surface area contributed by atoms with Gasteiger partial charge in [0.15, 0.2) is 5.88 Å². The maximum Gasteiger partial charge on any atom is 0.410 e. The first-order valence-electron chi connectivity index (χ1n) is 7.02. The fourth-order valence-corrected chi connectivity index (χ4v) is 2.60. The van der Waals surface area contributed by atoms with Crippen molar-refractivity contribution in [2.24, 2.45) is 0 Å². The number of β-amino-alcohol motifs (C(OH)–C–C–N with tert-alkyl or cyclic N) is 1. The largest absolute Gasteiger partial charge is 0.478 e. The van der Waals surface area contributed by atoms with E-state index < -0.39 is 11.7 Å². The summed E-state index contributed by atoms with van der Waals surface area (Å²) in [6, 6.07) is -0.0383. The van der Waals surface area contributed by atoms with Crippen LogP contribution in [0, 0.1) is 0 Å². The first kappa shape index (κ1) is 15.0. The molecule has 0 aromatic heterocycles. The number of piperidine rings is 1. The topological polar surface area (TPSA) is 62.2 Å². The molecule has 2 heterocycles. The Labute approximate surface area is 119 Å². The van der Waals surface area contributed by atoms with Crippen molar-refractivity contribution >= 4 is 6.09 Å². The molecule has 6 nitrogen and oxygen atoms in total. The number of hydrogen-bond donors (Lipinski definition) is 1. The number of likely N-dealkylation sites (tertiary alicyclic amines) is 1. The molecule has 0 aromatic carbocycles. The second kappa shape index (κ2) is 5.52. The molecule has 2 aliphatic rings. The third-order valence-electron chi connectivity index (χ3n) is 3.52. The van der Waals surface area contributed by atoms with Gasteiger partial charge in [0.05, 0.1) is 25.2 Å². The molecule has 1 amide bonds. The summed E-state index contributed by atoms with van der Waals surface area (Å²) in [5.41, 5.74) is -0.518. The average molecular weight is 284 g/mol. The van der Waals surface area contributed by atoms with Crippen LogP contribution in [0.5, 0.6) is 0 Å². The quantitative estimate of drug-likeness (QED) is 0.783. The summed E-state index contributed by atoms with van der Waals surface area (Å²) in [6.07, 6.45) is -0.302. The van der Waals surface area contributed by atoms with E-state index in [-0.39, 0.29) is 18.7 Å². The number of ether oxygens (including phenoxy) is 2. The van der Waals surface area contributed by atoms with Gasteiger partial charge in [-0.1, -0.05) is 0 Å². The smallest absolute Gasteiger partial charge is 0.410 e. The van der Waals surface area contributed by atoms with E-state index in [4.69, 9.17) is 9.47 Å². The highest BCUT2D eigenvalue weighted by Crippen LogP contribution is 2.24. The van der Waals surface area contributed by atoms with E-state index in [0.717, 1.165) is 6.54 Å². The molecule has 1 N–H and O–H groups in total. The minimum absolute atomic E-state index is 0.0383. The minimum atomic E-state index is -0.616. The molecule has 20 heavy (non-hydrogen) atoms. The second-order valence-corrected chi connectivity index (χ2v) is 6.29. The van der Waals surface area contributed by atoms with Gasteiger partial charge in [-0.05, 0) is 33.8 Å². The molecule has 0 aromatic rings. The zero-order chi connectivity index (χ0) is 14.9. The summed E-state index contributed by atoms with van der Waals surface area (Å²) in [5, 5.41) is 10.3. The average Bonchev–Trinajstić information content (AvgIpc) is 2.73. The van der Waals surface area contributed by atoms with Gasteiger partial charge in [-0.3, -0.25) is 0 Å². The lowest BCUT2D eigenvalue weighted by Crippen LogP contribution is -2.55. The lowest BCUT2D eigenvalue weighted by Gasteiger charge is -2.40. The number of amides is 1. The minimum Gasteiger partial charge on any atom is -0.478 e. The van der Waals surface area contributed by atoms with Crippen molar-refractivity contribution in [1.29, 1.82) is 0 Å². The normalized spacial score (nSPS) is 27.5. The molecule has 114 valence electrons. The van der Waals surface area contributed by atoms with Gasteiger partial charge in [-0.15, -0.1) is 0 Å². The van der Waals surface area contributed by atoms with Crippen molar-refractivity contribution in [2.45, 2.75) is 44.9 Å². The SMILES string of the molecule is C=C1OCCN1C1CCN(C(=O)OC(C)(C)C)CC1O. The number of carbonyl (C=O) groups excluding carboxylic acids is 1. The Balaban J connectivity index is 1.92. The van der Waals surface area contributed by atoms with Crippen molar-refractivity contribution in [1.82, 2.24) is 9.80 Å². The molecular weight excluding hydrogens is 260 g/mol. The summed E-state index contributed by atoms with van der Waals surface area (Å²) < 4.78 is 10.6. The van der Waals surface area contributed by atoms with Gasteiger partial charge in [0.1, 0.15) is 12.2 Å².